The van der Waals surface area contributed by atoms with Crippen molar-refractivity contribution in [2.24, 2.45) is 22.6 Å². The minimum Gasteiger partial charge on any atom is -0.362 e. The standard InChI is InChI=1S/C24H31F2N5.2ClH/c1-31(2)23-19-5-3-4-6-22(19)29-24(27,30-23)18-10-7-16(8-11-18)14-28-15-17-9-12-20(25)21(26)13-17;;/h3-6,9,12-13,16,18,28-29H,7-8,10-11,14-15,27H2,1-2H3;2*1H. The van der Waals surface area contributed by atoms with E-state index in [0.717, 1.165) is 54.9 Å². The zero-order chi connectivity index (χ0) is 22.0. The van der Waals surface area contributed by atoms with Crippen molar-refractivity contribution in [3.05, 3.63) is 65.2 Å². The number of nitrogens with one attached hydrogen (secondary N) is 2. The Morgan fingerprint density at radius 1 is 1.06 bits per heavy atom. The normalized spacial score (nSPS) is 23.8. The van der Waals surface area contributed by atoms with Crippen LogP contribution < -0.4 is 16.4 Å². The SMILES string of the molecule is CN(C)C1=NC(N)(C2CCC(CNCc3ccc(F)c(F)c3)CC2)Nc2ccccc21.Cl.Cl. The molecule has 5 nitrogen and oxygen atoms in total. The third kappa shape index (κ3) is 6.15. The smallest absolute Gasteiger partial charge is 0.187 e. The van der Waals surface area contributed by atoms with Crippen molar-refractivity contribution >= 4 is 36.3 Å². The molecule has 1 fully saturated rings. The van der Waals surface area contributed by atoms with E-state index in [1.54, 1.807) is 6.07 Å². The number of nitrogens with zero attached hydrogens (tertiary/aromatic N) is 2. The molecule has 1 unspecified atom stereocenters. The van der Waals surface area contributed by atoms with E-state index in [0.29, 0.717) is 12.5 Å². The molecule has 2 aliphatic rings. The van der Waals surface area contributed by atoms with Crippen molar-refractivity contribution in [2.75, 3.05) is 26.0 Å². The third-order valence-corrected chi connectivity index (χ3v) is 6.43. The molecule has 0 amide bonds. The zero-order valence-electron chi connectivity index (χ0n) is 19.0. The van der Waals surface area contributed by atoms with Crippen LogP contribution in [0.3, 0.4) is 0 Å². The lowest BCUT2D eigenvalue weighted by Crippen LogP contribution is -2.56. The molecule has 2 aromatic rings. The van der Waals surface area contributed by atoms with Gasteiger partial charge in [0.05, 0.1) is 0 Å². The first-order valence-corrected chi connectivity index (χ1v) is 10.9. The van der Waals surface area contributed by atoms with Gasteiger partial charge in [-0.1, -0.05) is 18.2 Å². The molecule has 1 atom stereocenters. The average molecular weight is 500 g/mol. The number of anilines is 1. The van der Waals surface area contributed by atoms with E-state index >= 15 is 0 Å². The summed E-state index contributed by atoms with van der Waals surface area (Å²) >= 11 is 0. The molecule has 4 N–H and O–H groups in total. The van der Waals surface area contributed by atoms with Crippen LogP contribution in [-0.2, 0) is 6.54 Å². The number of fused-ring (bicyclic) bond motifs is 1. The van der Waals surface area contributed by atoms with Crippen LogP contribution in [0.5, 0.6) is 0 Å². The van der Waals surface area contributed by atoms with Crippen LogP contribution in [0.25, 0.3) is 0 Å². The van der Waals surface area contributed by atoms with Crippen LogP contribution in [0.15, 0.2) is 47.5 Å². The van der Waals surface area contributed by atoms with Gasteiger partial charge in [-0.25, -0.2) is 13.8 Å². The largest absolute Gasteiger partial charge is 0.362 e. The van der Waals surface area contributed by atoms with Crippen molar-refractivity contribution in [2.45, 2.75) is 38.0 Å². The van der Waals surface area contributed by atoms with Gasteiger partial charge >= 0.3 is 0 Å². The van der Waals surface area contributed by atoms with Gasteiger partial charge in [0, 0.05) is 37.8 Å². The second-order valence-corrected chi connectivity index (χ2v) is 8.92. The molecule has 0 spiro atoms. The summed E-state index contributed by atoms with van der Waals surface area (Å²) in [5.41, 5.74) is 9.67. The van der Waals surface area contributed by atoms with Gasteiger partial charge in [0.1, 0.15) is 5.84 Å². The molecule has 33 heavy (non-hydrogen) atoms. The van der Waals surface area contributed by atoms with E-state index in [2.05, 4.69) is 22.8 Å². The second-order valence-electron chi connectivity index (χ2n) is 8.92. The van der Waals surface area contributed by atoms with Gasteiger partial charge in [-0.3, -0.25) is 5.73 Å². The molecule has 0 bridgehead atoms. The molecule has 0 aromatic heterocycles. The Kier molecular flexibility index (Phi) is 9.49. The first kappa shape index (κ1) is 27.3. The lowest BCUT2D eigenvalue weighted by molar-refractivity contribution is 0.192. The molecule has 1 aliphatic carbocycles. The highest BCUT2D eigenvalue weighted by Crippen LogP contribution is 2.38. The first-order chi connectivity index (χ1) is 14.9. The summed E-state index contributed by atoms with van der Waals surface area (Å²) in [6, 6.07) is 12.2. The maximum absolute atomic E-state index is 13.4. The molecule has 4 rings (SSSR count). The van der Waals surface area contributed by atoms with Crippen LogP contribution >= 0.6 is 24.8 Å². The average Bonchev–Trinajstić information content (AvgIpc) is 2.76. The number of nitrogens with two attached hydrogens (primary N) is 1. The molecular formula is C24H33Cl2F2N5. The summed E-state index contributed by atoms with van der Waals surface area (Å²) in [6.07, 6.45) is 4.11. The topological polar surface area (TPSA) is 65.7 Å². The fourth-order valence-electron chi connectivity index (χ4n) is 4.68. The number of benzene rings is 2. The van der Waals surface area contributed by atoms with E-state index in [9.17, 15) is 8.78 Å². The second kappa shape index (κ2) is 11.5. The number of hydrogen-bond acceptors (Lipinski definition) is 5. The van der Waals surface area contributed by atoms with E-state index < -0.39 is 17.4 Å². The molecule has 182 valence electrons. The molecule has 0 radical (unpaired) electrons. The summed E-state index contributed by atoms with van der Waals surface area (Å²) in [5, 5.41) is 6.89. The minimum atomic E-state index is -0.809. The number of rotatable bonds is 5. The van der Waals surface area contributed by atoms with Gasteiger partial charge in [-0.05, 0) is 68.0 Å². The number of para-hydroxylation sites is 1. The molecular weight excluding hydrogens is 467 g/mol. The van der Waals surface area contributed by atoms with Crippen LogP contribution in [0, 0.1) is 23.5 Å². The summed E-state index contributed by atoms with van der Waals surface area (Å²) in [4.78, 5) is 6.97. The quantitative estimate of drug-likeness (QED) is 0.555. The van der Waals surface area contributed by atoms with Crippen molar-refractivity contribution in [3.63, 3.8) is 0 Å². The molecule has 1 aliphatic heterocycles. The van der Waals surface area contributed by atoms with Crippen molar-refractivity contribution in [1.29, 1.82) is 0 Å². The predicted molar refractivity (Wildman–Crippen MR) is 135 cm³/mol. The summed E-state index contributed by atoms with van der Waals surface area (Å²) in [6.45, 7) is 1.39. The minimum absolute atomic E-state index is 0. The Bertz CT molecular complexity index is 964. The Hall–Kier alpha value is -1.93. The van der Waals surface area contributed by atoms with E-state index in [4.69, 9.17) is 10.7 Å². The molecule has 0 saturated heterocycles. The summed E-state index contributed by atoms with van der Waals surface area (Å²) in [5.74, 6) is -0.717. The number of hydrogen-bond donors (Lipinski definition) is 3. The highest BCUT2D eigenvalue weighted by Gasteiger charge is 2.40. The first-order valence-electron chi connectivity index (χ1n) is 10.9. The van der Waals surface area contributed by atoms with Crippen molar-refractivity contribution in [1.82, 2.24) is 10.2 Å². The summed E-state index contributed by atoms with van der Waals surface area (Å²) in [7, 11) is 3.99. The van der Waals surface area contributed by atoms with Gasteiger partial charge < -0.3 is 15.5 Å². The lowest BCUT2D eigenvalue weighted by Gasteiger charge is -2.43. The Balaban J connectivity index is 0.00000193. The van der Waals surface area contributed by atoms with E-state index in [1.165, 1.54) is 12.1 Å². The fourth-order valence-corrected chi connectivity index (χ4v) is 4.68. The van der Waals surface area contributed by atoms with Gasteiger partial charge in [-0.15, -0.1) is 24.8 Å². The van der Waals surface area contributed by atoms with Crippen LogP contribution in [0.1, 0.15) is 36.8 Å². The number of amidine groups is 1. The zero-order valence-corrected chi connectivity index (χ0v) is 20.6. The predicted octanol–water partition coefficient (Wildman–Crippen LogP) is 4.75. The van der Waals surface area contributed by atoms with E-state index in [-0.39, 0.29) is 30.7 Å². The highest BCUT2D eigenvalue weighted by molar-refractivity contribution is 6.05. The summed E-state index contributed by atoms with van der Waals surface area (Å²) < 4.78 is 26.4. The molecule has 1 saturated carbocycles. The van der Waals surface area contributed by atoms with Gasteiger partial charge in [-0.2, -0.15) is 0 Å². The third-order valence-electron chi connectivity index (χ3n) is 6.43. The Labute approximate surface area is 207 Å². The van der Waals surface area contributed by atoms with Crippen LogP contribution in [0.2, 0.25) is 0 Å². The highest BCUT2D eigenvalue weighted by atomic mass is 35.5. The van der Waals surface area contributed by atoms with E-state index in [1.807, 2.05) is 31.1 Å². The maximum atomic E-state index is 13.4. The van der Waals surface area contributed by atoms with Gasteiger partial charge in [0.2, 0.25) is 0 Å². The van der Waals surface area contributed by atoms with Crippen molar-refractivity contribution < 1.29 is 8.78 Å². The van der Waals surface area contributed by atoms with Crippen molar-refractivity contribution in [3.8, 4) is 0 Å². The Morgan fingerprint density at radius 2 is 1.76 bits per heavy atom. The maximum Gasteiger partial charge on any atom is 0.187 e. The van der Waals surface area contributed by atoms with Crippen LogP contribution in [0.4, 0.5) is 14.5 Å². The number of halogens is 4. The van der Waals surface area contributed by atoms with Crippen LogP contribution in [-0.4, -0.2) is 37.2 Å². The lowest BCUT2D eigenvalue weighted by atomic mass is 9.78. The Morgan fingerprint density at radius 3 is 2.42 bits per heavy atom. The van der Waals surface area contributed by atoms with Gasteiger partial charge in [0.25, 0.3) is 0 Å². The molecule has 9 heteroatoms. The molecule has 2 aromatic carbocycles. The molecule has 1 heterocycles. The van der Waals surface area contributed by atoms with Gasteiger partial charge in [0.15, 0.2) is 17.4 Å². The fraction of sp³-hybridized carbons (Fsp3) is 0.458. The number of aliphatic imine (C=N–C) groups is 1. The monoisotopic (exact) mass is 499 g/mol.